The van der Waals surface area contributed by atoms with Crippen molar-refractivity contribution in [1.82, 2.24) is 5.32 Å². The molecule has 0 spiro atoms. The number of ether oxygens (including phenoxy) is 2. The quantitative estimate of drug-likeness (QED) is 0.737. The zero-order valence-electron chi connectivity index (χ0n) is 11.6. The van der Waals surface area contributed by atoms with Crippen LogP contribution in [0, 0.1) is 0 Å². The van der Waals surface area contributed by atoms with E-state index >= 15 is 0 Å². The first-order chi connectivity index (χ1) is 9.51. The van der Waals surface area contributed by atoms with Crippen molar-refractivity contribution in [2.24, 2.45) is 0 Å². The van der Waals surface area contributed by atoms with Gasteiger partial charge >= 0.3 is 5.97 Å². The van der Waals surface area contributed by atoms with Crippen molar-refractivity contribution in [3.05, 3.63) is 29.8 Å². The minimum Gasteiger partial charge on any atom is -0.484 e. The van der Waals surface area contributed by atoms with Gasteiger partial charge in [-0.05, 0) is 24.6 Å². The average molecular weight is 281 g/mol. The summed E-state index contributed by atoms with van der Waals surface area (Å²) in [6, 6.07) is 6.59. The van der Waals surface area contributed by atoms with Crippen LogP contribution >= 0.6 is 0 Å². The van der Waals surface area contributed by atoms with E-state index in [0.29, 0.717) is 17.9 Å². The Balaban J connectivity index is 2.45. The van der Waals surface area contributed by atoms with Crippen LogP contribution in [-0.4, -0.2) is 43.3 Å². The maximum absolute atomic E-state index is 11.6. The van der Waals surface area contributed by atoms with E-state index < -0.39 is 5.97 Å². The first-order valence-electron chi connectivity index (χ1n) is 6.23. The number of carboxylic acids is 1. The lowest BCUT2D eigenvalue weighted by atomic mass is 10.1. The second-order valence-electron chi connectivity index (χ2n) is 4.43. The number of carbonyl (C=O) groups is 2. The molecular weight excluding hydrogens is 262 g/mol. The summed E-state index contributed by atoms with van der Waals surface area (Å²) in [5.74, 6) is -0.690. The van der Waals surface area contributed by atoms with Gasteiger partial charge in [0.2, 0.25) is 0 Å². The Labute approximate surface area is 117 Å². The van der Waals surface area contributed by atoms with E-state index in [-0.39, 0.29) is 25.0 Å². The third kappa shape index (κ3) is 6.19. The Morgan fingerprint density at radius 3 is 2.80 bits per heavy atom. The van der Waals surface area contributed by atoms with Crippen LogP contribution in [0.4, 0.5) is 0 Å². The summed E-state index contributed by atoms with van der Waals surface area (Å²) >= 11 is 0. The molecule has 0 saturated heterocycles. The Morgan fingerprint density at radius 1 is 1.40 bits per heavy atom. The van der Waals surface area contributed by atoms with Crippen LogP contribution < -0.4 is 10.1 Å². The molecule has 6 nitrogen and oxygen atoms in total. The van der Waals surface area contributed by atoms with Crippen molar-refractivity contribution in [3.8, 4) is 5.75 Å². The highest BCUT2D eigenvalue weighted by molar-refractivity contribution is 5.77. The summed E-state index contributed by atoms with van der Waals surface area (Å²) in [7, 11) is 1.56. The standard InChI is InChI=1S/C14H19NO5/c1-10(8-19-2)15-13(16)9-20-12-5-3-4-11(6-12)7-14(17)18/h3-6,10H,7-9H2,1-2H3,(H,15,16)(H,17,18). The van der Waals surface area contributed by atoms with Crippen LogP contribution in [0.2, 0.25) is 0 Å². The Kier molecular flexibility index (Phi) is 6.52. The number of carboxylic acid groups (broad SMARTS) is 1. The maximum atomic E-state index is 11.6. The molecule has 0 saturated carbocycles. The molecule has 1 aromatic rings. The molecular formula is C14H19NO5. The number of benzene rings is 1. The fraction of sp³-hybridized carbons (Fsp3) is 0.429. The predicted molar refractivity (Wildman–Crippen MR) is 72.8 cm³/mol. The zero-order chi connectivity index (χ0) is 15.0. The molecule has 0 aromatic heterocycles. The highest BCUT2D eigenvalue weighted by Crippen LogP contribution is 2.13. The second-order valence-corrected chi connectivity index (χ2v) is 4.43. The summed E-state index contributed by atoms with van der Waals surface area (Å²) < 4.78 is 10.2. The summed E-state index contributed by atoms with van der Waals surface area (Å²) in [6.45, 7) is 2.14. The molecule has 110 valence electrons. The molecule has 0 aliphatic heterocycles. The third-order valence-corrected chi connectivity index (χ3v) is 2.45. The number of aliphatic carboxylic acids is 1. The van der Waals surface area contributed by atoms with Crippen molar-refractivity contribution < 1.29 is 24.2 Å². The van der Waals surface area contributed by atoms with Gasteiger partial charge in [-0.2, -0.15) is 0 Å². The van der Waals surface area contributed by atoms with Crippen LogP contribution in [0.5, 0.6) is 5.75 Å². The molecule has 20 heavy (non-hydrogen) atoms. The van der Waals surface area contributed by atoms with Gasteiger partial charge in [-0.25, -0.2) is 0 Å². The molecule has 1 amide bonds. The fourth-order valence-electron chi connectivity index (χ4n) is 1.68. The number of carbonyl (C=O) groups excluding carboxylic acids is 1. The number of hydrogen-bond donors (Lipinski definition) is 2. The summed E-state index contributed by atoms with van der Waals surface area (Å²) in [5, 5.41) is 11.4. The Morgan fingerprint density at radius 2 is 2.15 bits per heavy atom. The molecule has 0 bridgehead atoms. The maximum Gasteiger partial charge on any atom is 0.307 e. The normalized spacial score (nSPS) is 11.7. The Hall–Kier alpha value is -2.08. The zero-order valence-corrected chi connectivity index (χ0v) is 11.6. The molecule has 0 heterocycles. The number of hydrogen-bond acceptors (Lipinski definition) is 4. The van der Waals surface area contributed by atoms with E-state index in [0.717, 1.165) is 0 Å². The van der Waals surface area contributed by atoms with Crippen LogP contribution in [0.1, 0.15) is 12.5 Å². The highest BCUT2D eigenvalue weighted by atomic mass is 16.5. The van der Waals surface area contributed by atoms with Crippen molar-refractivity contribution in [3.63, 3.8) is 0 Å². The van der Waals surface area contributed by atoms with Crippen molar-refractivity contribution in [2.45, 2.75) is 19.4 Å². The van der Waals surface area contributed by atoms with Gasteiger partial charge in [-0.15, -0.1) is 0 Å². The van der Waals surface area contributed by atoms with E-state index in [4.69, 9.17) is 14.6 Å². The molecule has 6 heteroatoms. The largest absolute Gasteiger partial charge is 0.484 e. The van der Waals surface area contributed by atoms with Gasteiger partial charge in [0.1, 0.15) is 5.75 Å². The average Bonchev–Trinajstić information content (AvgIpc) is 2.36. The number of rotatable bonds is 8. The summed E-state index contributed by atoms with van der Waals surface area (Å²) in [5.41, 5.74) is 0.628. The van der Waals surface area contributed by atoms with E-state index in [2.05, 4.69) is 5.32 Å². The van der Waals surface area contributed by atoms with Crippen LogP contribution in [-0.2, 0) is 20.7 Å². The lowest BCUT2D eigenvalue weighted by molar-refractivity contribution is -0.136. The van der Waals surface area contributed by atoms with Gasteiger partial charge in [0.05, 0.1) is 13.0 Å². The van der Waals surface area contributed by atoms with E-state index in [1.54, 1.807) is 31.4 Å². The molecule has 1 rings (SSSR count). The molecule has 0 aliphatic carbocycles. The topological polar surface area (TPSA) is 84.9 Å². The molecule has 0 fully saturated rings. The first-order valence-corrected chi connectivity index (χ1v) is 6.23. The van der Waals surface area contributed by atoms with Crippen LogP contribution in [0.15, 0.2) is 24.3 Å². The monoisotopic (exact) mass is 281 g/mol. The van der Waals surface area contributed by atoms with Gasteiger partial charge in [0.15, 0.2) is 6.61 Å². The number of methoxy groups -OCH3 is 1. The fourth-order valence-corrected chi connectivity index (χ4v) is 1.68. The molecule has 2 N–H and O–H groups in total. The van der Waals surface area contributed by atoms with Crippen molar-refractivity contribution >= 4 is 11.9 Å². The highest BCUT2D eigenvalue weighted by Gasteiger charge is 2.08. The van der Waals surface area contributed by atoms with Crippen molar-refractivity contribution in [2.75, 3.05) is 20.3 Å². The Bertz CT molecular complexity index is 461. The minimum absolute atomic E-state index is 0.0751. The van der Waals surface area contributed by atoms with Gasteiger partial charge in [0.25, 0.3) is 5.91 Å². The molecule has 0 radical (unpaired) electrons. The summed E-state index contributed by atoms with van der Waals surface area (Å²) in [6.07, 6.45) is -0.0751. The predicted octanol–water partition coefficient (Wildman–Crippen LogP) is 0.844. The van der Waals surface area contributed by atoms with E-state index in [1.807, 2.05) is 6.92 Å². The van der Waals surface area contributed by atoms with E-state index in [1.165, 1.54) is 0 Å². The van der Waals surface area contributed by atoms with Gasteiger partial charge in [0, 0.05) is 13.2 Å². The minimum atomic E-state index is -0.909. The lowest BCUT2D eigenvalue weighted by Crippen LogP contribution is -2.38. The van der Waals surface area contributed by atoms with Crippen molar-refractivity contribution in [1.29, 1.82) is 0 Å². The number of nitrogens with one attached hydrogen (secondary N) is 1. The molecule has 1 aromatic carbocycles. The van der Waals surface area contributed by atoms with Gasteiger partial charge in [-0.3, -0.25) is 9.59 Å². The van der Waals surface area contributed by atoms with Gasteiger partial charge in [-0.1, -0.05) is 12.1 Å². The molecule has 0 aliphatic rings. The molecule has 1 unspecified atom stereocenters. The SMILES string of the molecule is COCC(C)NC(=O)COc1cccc(CC(=O)O)c1. The lowest BCUT2D eigenvalue weighted by Gasteiger charge is -2.13. The first kappa shape index (κ1) is 16.0. The van der Waals surface area contributed by atoms with Crippen LogP contribution in [0.25, 0.3) is 0 Å². The summed E-state index contributed by atoms with van der Waals surface area (Å²) in [4.78, 5) is 22.2. The van der Waals surface area contributed by atoms with E-state index in [9.17, 15) is 9.59 Å². The second kappa shape index (κ2) is 8.16. The molecule has 1 atom stereocenters. The van der Waals surface area contributed by atoms with Gasteiger partial charge < -0.3 is 19.9 Å². The smallest absolute Gasteiger partial charge is 0.307 e. The van der Waals surface area contributed by atoms with Crippen LogP contribution in [0.3, 0.4) is 0 Å². The third-order valence-electron chi connectivity index (χ3n) is 2.45. The number of amides is 1.